The molecule has 1 aliphatic carbocycles. The van der Waals surface area contributed by atoms with E-state index in [0.717, 1.165) is 24.2 Å². The van der Waals surface area contributed by atoms with Gasteiger partial charge in [-0.15, -0.1) is 0 Å². The SMILES string of the molecule is Cc1ccccc1OCCC(=O)N(CCO)C1CC1. The van der Waals surface area contributed by atoms with E-state index in [2.05, 4.69) is 0 Å². The quantitative estimate of drug-likeness (QED) is 0.815. The number of carbonyl (C=O) groups excluding carboxylic acids is 1. The molecule has 1 fully saturated rings. The second-order valence-corrected chi connectivity index (χ2v) is 4.91. The fraction of sp³-hybridized carbons (Fsp3) is 0.533. The van der Waals surface area contributed by atoms with Crippen molar-refractivity contribution >= 4 is 5.91 Å². The van der Waals surface area contributed by atoms with Crippen molar-refractivity contribution < 1.29 is 14.6 Å². The summed E-state index contributed by atoms with van der Waals surface area (Å²) in [5.41, 5.74) is 1.07. The van der Waals surface area contributed by atoms with Crippen molar-refractivity contribution in [2.45, 2.75) is 32.2 Å². The number of carbonyl (C=O) groups is 1. The number of ether oxygens (including phenoxy) is 1. The van der Waals surface area contributed by atoms with Crippen LogP contribution in [0.5, 0.6) is 5.75 Å². The molecule has 0 aliphatic heterocycles. The molecule has 0 heterocycles. The van der Waals surface area contributed by atoms with Gasteiger partial charge >= 0.3 is 0 Å². The molecule has 0 saturated heterocycles. The van der Waals surface area contributed by atoms with Crippen molar-refractivity contribution in [3.63, 3.8) is 0 Å². The standard InChI is InChI=1S/C15H21NO3/c1-12-4-2-3-5-14(12)19-11-8-15(18)16(9-10-17)13-6-7-13/h2-5,13,17H,6-11H2,1H3. The highest BCUT2D eigenvalue weighted by Gasteiger charge is 2.31. The van der Waals surface area contributed by atoms with Crippen LogP contribution < -0.4 is 4.74 Å². The third-order valence-electron chi connectivity index (χ3n) is 3.32. The Balaban J connectivity index is 1.78. The second kappa shape index (κ2) is 6.57. The van der Waals surface area contributed by atoms with Gasteiger partial charge < -0.3 is 14.7 Å². The van der Waals surface area contributed by atoms with Crippen LogP contribution in [0.1, 0.15) is 24.8 Å². The number of aryl methyl sites for hydroxylation is 1. The molecule has 0 spiro atoms. The summed E-state index contributed by atoms with van der Waals surface area (Å²) in [6.45, 7) is 2.84. The molecule has 1 aromatic carbocycles. The van der Waals surface area contributed by atoms with Crippen LogP contribution in [-0.4, -0.2) is 41.7 Å². The molecular weight excluding hydrogens is 242 g/mol. The molecule has 1 saturated carbocycles. The van der Waals surface area contributed by atoms with Crippen molar-refractivity contribution in [2.75, 3.05) is 19.8 Å². The van der Waals surface area contributed by atoms with E-state index in [1.54, 1.807) is 4.90 Å². The first kappa shape index (κ1) is 13.9. The minimum absolute atomic E-state index is 0.0287. The van der Waals surface area contributed by atoms with Gasteiger partial charge in [0.15, 0.2) is 0 Å². The molecule has 19 heavy (non-hydrogen) atoms. The first-order valence-corrected chi connectivity index (χ1v) is 6.81. The average Bonchev–Trinajstić information content (AvgIpc) is 3.22. The molecule has 0 radical (unpaired) electrons. The van der Waals surface area contributed by atoms with Crippen molar-refractivity contribution in [1.82, 2.24) is 4.90 Å². The maximum absolute atomic E-state index is 12.0. The molecule has 0 bridgehead atoms. The third-order valence-corrected chi connectivity index (χ3v) is 3.32. The zero-order chi connectivity index (χ0) is 13.7. The lowest BCUT2D eigenvalue weighted by atomic mass is 10.2. The van der Waals surface area contributed by atoms with Gasteiger partial charge in [0.2, 0.25) is 5.91 Å². The lowest BCUT2D eigenvalue weighted by Gasteiger charge is -2.21. The van der Waals surface area contributed by atoms with E-state index in [1.807, 2.05) is 31.2 Å². The number of aliphatic hydroxyl groups is 1. The smallest absolute Gasteiger partial charge is 0.226 e. The number of benzene rings is 1. The summed E-state index contributed by atoms with van der Waals surface area (Å²) in [6.07, 6.45) is 2.49. The van der Waals surface area contributed by atoms with E-state index in [4.69, 9.17) is 9.84 Å². The van der Waals surface area contributed by atoms with Crippen LogP contribution in [0.3, 0.4) is 0 Å². The number of rotatable bonds is 7. The molecular formula is C15H21NO3. The van der Waals surface area contributed by atoms with Gasteiger partial charge in [0.25, 0.3) is 0 Å². The lowest BCUT2D eigenvalue weighted by Crippen LogP contribution is -2.36. The van der Waals surface area contributed by atoms with Crippen LogP contribution in [0.2, 0.25) is 0 Å². The van der Waals surface area contributed by atoms with Crippen molar-refractivity contribution in [3.05, 3.63) is 29.8 Å². The van der Waals surface area contributed by atoms with Gasteiger partial charge in [0.05, 0.1) is 19.6 Å². The van der Waals surface area contributed by atoms with Crippen LogP contribution in [0.4, 0.5) is 0 Å². The van der Waals surface area contributed by atoms with E-state index in [-0.39, 0.29) is 12.5 Å². The summed E-state index contributed by atoms with van der Waals surface area (Å²) in [5, 5.41) is 8.98. The Morgan fingerprint density at radius 2 is 2.16 bits per heavy atom. The van der Waals surface area contributed by atoms with Crippen LogP contribution in [-0.2, 0) is 4.79 Å². The number of para-hydroxylation sites is 1. The Morgan fingerprint density at radius 3 is 2.79 bits per heavy atom. The molecule has 4 heteroatoms. The minimum atomic E-state index is 0.0287. The Morgan fingerprint density at radius 1 is 1.42 bits per heavy atom. The molecule has 0 aromatic heterocycles. The summed E-state index contributed by atoms with van der Waals surface area (Å²) in [6, 6.07) is 8.12. The summed E-state index contributed by atoms with van der Waals surface area (Å²) < 4.78 is 5.63. The van der Waals surface area contributed by atoms with Gasteiger partial charge in [-0.3, -0.25) is 4.79 Å². The predicted molar refractivity (Wildman–Crippen MR) is 73.1 cm³/mol. The van der Waals surface area contributed by atoms with Crippen LogP contribution in [0.15, 0.2) is 24.3 Å². The molecule has 0 atom stereocenters. The first-order valence-electron chi connectivity index (χ1n) is 6.81. The molecule has 104 valence electrons. The monoisotopic (exact) mass is 263 g/mol. The number of nitrogens with zero attached hydrogens (tertiary/aromatic N) is 1. The maximum atomic E-state index is 12.0. The zero-order valence-corrected chi connectivity index (χ0v) is 11.3. The first-order chi connectivity index (χ1) is 9.22. The summed E-state index contributed by atoms with van der Waals surface area (Å²) >= 11 is 0. The molecule has 0 unspecified atom stereocenters. The summed E-state index contributed by atoms with van der Waals surface area (Å²) in [7, 11) is 0. The molecule has 1 amide bonds. The van der Waals surface area contributed by atoms with E-state index >= 15 is 0 Å². The van der Waals surface area contributed by atoms with Gasteiger partial charge in [-0.2, -0.15) is 0 Å². The lowest BCUT2D eigenvalue weighted by molar-refractivity contribution is -0.132. The van der Waals surface area contributed by atoms with E-state index in [9.17, 15) is 4.79 Å². The number of hydrogen-bond acceptors (Lipinski definition) is 3. The molecule has 1 aliphatic rings. The van der Waals surface area contributed by atoms with Crippen molar-refractivity contribution in [3.8, 4) is 5.75 Å². The zero-order valence-electron chi connectivity index (χ0n) is 11.3. The number of amides is 1. The fourth-order valence-electron chi connectivity index (χ4n) is 2.12. The van der Waals surface area contributed by atoms with Crippen LogP contribution in [0, 0.1) is 6.92 Å². The Kier molecular flexibility index (Phi) is 4.80. The fourth-order valence-corrected chi connectivity index (χ4v) is 2.12. The highest BCUT2D eigenvalue weighted by molar-refractivity contribution is 5.77. The Hall–Kier alpha value is -1.55. The van der Waals surface area contributed by atoms with Gasteiger partial charge in [0.1, 0.15) is 5.75 Å². The highest BCUT2D eigenvalue weighted by Crippen LogP contribution is 2.27. The minimum Gasteiger partial charge on any atom is -0.493 e. The van der Waals surface area contributed by atoms with E-state index < -0.39 is 0 Å². The molecule has 2 rings (SSSR count). The van der Waals surface area contributed by atoms with Crippen LogP contribution in [0.25, 0.3) is 0 Å². The highest BCUT2D eigenvalue weighted by atomic mass is 16.5. The largest absolute Gasteiger partial charge is 0.493 e. The second-order valence-electron chi connectivity index (χ2n) is 4.91. The summed E-state index contributed by atoms with van der Waals surface area (Å²) in [5.74, 6) is 0.903. The van der Waals surface area contributed by atoms with E-state index in [0.29, 0.717) is 25.6 Å². The van der Waals surface area contributed by atoms with E-state index in [1.165, 1.54) is 0 Å². The average molecular weight is 263 g/mol. The van der Waals surface area contributed by atoms with Crippen molar-refractivity contribution in [2.24, 2.45) is 0 Å². The summed E-state index contributed by atoms with van der Waals surface area (Å²) in [4.78, 5) is 13.8. The third kappa shape index (κ3) is 3.96. The normalized spacial score (nSPS) is 14.2. The number of aliphatic hydroxyl groups excluding tert-OH is 1. The van der Waals surface area contributed by atoms with Gasteiger partial charge in [0, 0.05) is 12.6 Å². The Bertz CT molecular complexity index is 429. The number of hydrogen-bond donors (Lipinski definition) is 1. The molecule has 1 N–H and O–H groups in total. The Labute approximate surface area is 114 Å². The maximum Gasteiger partial charge on any atom is 0.226 e. The predicted octanol–water partition coefficient (Wildman–Crippen LogP) is 1.75. The molecule has 4 nitrogen and oxygen atoms in total. The van der Waals surface area contributed by atoms with Crippen molar-refractivity contribution in [1.29, 1.82) is 0 Å². The van der Waals surface area contributed by atoms with Gasteiger partial charge in [-0.1, -0.05) is 18.2 Å². The van der Waals surface area contributed by atoms with Gasteiger partial charge in [-0.25, -0.2) is 0 Å². The molecule has 1 aromatic rings. The van der Waals surface area contributed by atoms with Crippen LogP contribution >= 0.6 is 0 Å². The topological polar surface area (TPSA) is 49.8 Å². The van der Waals surface area contributed by atoms with Gasteiger partial charge in [-0.05, 0) is 31.4 Å².